The lowest BCUT2D eigenvalue weighted by Gasteiger charge is -2.32. The van der Waals surface area contributed by atoms with Crippen molar-refractivity contribution >= 4 is 46.7 Å². The number of hydrogen-bond acceptors (Lipinski definition) is 6. The fourth-order valence-electron chi connectivity index (χ4n) is 7.14. The predicted molar refractivity (Wildman–Crippen MR) is 220 cm³/mol. The lowest BCUT2D eigenvalue weighted by Crippen LogP contribution is -2.41. The van der Waals surface area contributed by atoms with Gasteiger partial charge in [0.25, 0.3) is 0 Å². The first-order chi connectivity index (χ1) is 25.7. The van der Waals surface area contributed by atoms with E-state index < -0.39 is 36.6 Å². The van der Waals surface area contributed by atoms with E-state index >= 15 is 0 Å². The van der Waals surface area contributed by atoms with E-state index in [1.807, 2.05) is 36.4 Å². The lowest BCUT2D eigenvalue weighted by molar-refractivity contribution is 0.00578. The first kappa shape index (κ1) is 36.4. The van der Waals surface area contributed by atoms with Gasteiger partial charge in [0.05, 0.1) is 22.4 Å². The minimum absolute atomic E-state index is 0.419. The van der Waals surface area contributed by atoms with Crippen LogP contribution in [0.4, 0.5) is 0 Å². The molecule has 0 spiro atoms. The lowest BCUT2D eigenvalue weighted by atomic mass is 9.77. The van der Waals surface area contributed by atoms with Crippen LogP contribution in [0.3, 0.4) is 0 Å². The molecule has 2 saturated heterocycles. The average molecular weight is 719 g/mol. The fourth-order valence-corrected chi connectivity index (χ4v) is 7.14. The first-order valence-corrected chi connectivity index (χ1v) is 18.9. The molecule has 8 rings (SSSR count). The van der Waals surface area contributed by atoms with Crippen molar-refractivity contribution in [2.45, 2.75) is 91.0 Å². The Hall–Kier alpha value is -4.59. The standard InChI is InChI=1S/C46H48B2O6/c1-43(2)44(3,4)52-47(51-43)35-21-23-37-33(27-35)19-25-39(49-29-31-15-11-9-12-16-31)41(37)42-38-24-22-36(48-53-45(5,6)46(7,8)54-48)28-34(38)20-26-40(42)50-30-32-17-13-10-14-18-32/h9-28H,29-30H2,1-8H3. The molecule has 2 aliphatic heterocycles. The Morgan fingerprint density at radius 2 is 0.778 bits per heavy atom. The third kappa shape index (κ3) is 6.70. The zero-order valence-electron chi connectivity index (χ0n) is 32.6. The van der Waals surface area contributed by atoms with Crippen LogP contribution in [-0.2, 0) is 31.8 Å². The summed E-state index contributed by atoms with van der Waals surface area (Å²) in [6.07, 6.45) is 0. The molecule has 6 aromatic rings. The Bertz CT molecular complexity index is 2120. The SMILES string of the molecule is CC1(C)OB(c2ccc3c(-c4c(OCc5ccccc5)ccc5cc(B6OC(C)(C)C(C)(C)O6)ccc45)c(OCc4ccccc4)ccc3c2)OC1(C)C. The Kier molecular flexibility index (Phi) is 9.17. The summed E-state index contributed by atoms with van der Waals surface area (Å²) in [5.74, 6) is 1.53. The summed E-state index contributed by atoms with van der Waals surface area (Å²) in [6.45, 7) is 17.5. The Morgan fingerprint density at radius 3 is 1.13 bits per heavy atom. The Morgan fingerprint density at radius 1 is 0.426 bits per heavy atom. The molecule has 0 aliphatic carbocycles. The van der Waals surface area contributed by atoms with Crippen molar-refractivity contribution in [3.8, 4) is 22.6 Å². The van der Waals surface area contributed by atoms with Gasteiger partial charge in [-0.2, -0.15) is 0 Å². The van der Waals surface area contributed by atoms with E-state index in [0.717, 1.165) is 66.2 Å². The van der Waals surface area contributed by atoms with Gasteiger partial charge >= 0.3 is 14.2 Å². The third-order valence-electron chi connectivity index (χ3n) is 11.8. The summed E-state index contributed by atoms with van der Waals surface area (Å²) in [5.41, 5.74) is 4.25. The van der Waals surface area contributed by atoms with Crippen molar-refractivity contribution in [2.24, 2.45) is 0 Å². The van der Waals surface area contributed by atoms with Gasteiger partial charge in [-0.3, -0.25) is 0 Å². The van der Waals surface area contributed by atoms with Gasteiger partial charge in [-0.15, -0.1) is 0 Å². The van der Waals surface area contributed by atoms with Gasteiger partial charge in [-0.25, -0.2) is 0 Å². The maximum atomic E-state index is 6.74. The summed E-state index contributed by atoms with van der Waals surface area (Å²) in [6, 6.07) is 41.8. The van der Waals surface area contributed by atoms with Crippen LogP contribution >= 0.6 is 0 Å². The summed E-state index contributed by atoms with van der Waals surface area (Å²) in [4.78, 5) is 0. The Labute approximate surface area is 320 Å². The van der Waals surface area contributed by atoms with Crippen LogP contribution in [0.2, 0.25) is 0 Å². The normalized spacial score (nSPS) is 18.4. The van der Waals surface area contributed by atoms with E-state index in [1.165, 1.54) is 0 Å². The van der Waals surface area contributed by atoms with Gasteiger partial charge in [0, 0.05) is 11.1 Å². The van der Waals surface area contributed by atoms with Crippen molar-refractivity contribution in [3.63, 3.8) is 0 Å². The highest BCUT2D eigenvalue weighted by atomic mass is 16.7. The number of fused-ring (bicyclic) bond motifs is 2. The number of hydrogen-bond donors (Lipinski definition) is 0. The van der Waals surface area contributed by atoms with E-state index in [1.54, 1.807) is 0 Å². The van der Waals surface area contributed by atoms with E-state index in [0.29, 0.717) is 13.2 Å². The predicted octanol–water partition coefficient (Wildman–Crippen LogP) is 9.42. The molecule has 274 valence electrons. The van der Waals surface area contributed by atoms with Crippen LogP contribution in [0.5, 0.6) is 11.5 Å². The quantitative estimate of drug-likeness (QED) is 0.139. The molecule has 0 bridgehead atoms. The van der Waals surface area contributed by atoms with Gasteiger partial charge in [-0.05, 0) is 111 Å². The minimum atomic E-state index is -0.479. The monoisotopic (exact) mass is 718 g/mol. The molecule has 0 aromatic heterocycles. The van der Waals surface area contributed by atoms with Gasteiger partial charge < -0.3 is 28.1 Å². The van der Waals surface area contributed by atoms with Crippen molar-refractivity contribution < 1.29 is 28.1 Å². The molecule has 0 saturated carbocycles. The van der Waals surface area contributed by atoms with Gasteiger partial charge in [0.2, 0.25) is 0 Å². The summed E-state index contributed by atoms with van der Waals surface area (Å²) < 4.78 is 39.4. The molecule has 0 atom stereocenters. The molecule has 0 N–H and O–H groups in total. The molecule has 6 aromatic carbocycles. The molecular weight excluding hydrogens is 670 g/mol. The molecule has 2 aliphatic rings. The van der Waals surface area contributed by atoms with E-state index in [4.69, 9.17) is 28.1 Å². The van der Waals surface area contributed by atoms with Crippen LogP contribution in [0.1, 0.15) is 66.5 Å². The molecule has 2 fully saturated rings. The van der Waals surface area contributed by atoms with Crippen LogP contribution in [0.25, 0.3) is 32.7 Å². The fraction of sp³-hybridized carbons (Fsp3) is 0.304. The van der Waals surface area contributed by atoms with Crippen LogP contribution in [-0.4, -0.2) is 36.6 Å². The zero-order valence-corrected chi connectivity index (χ0v) is 32.6. The van der Waals surface area contributed by atoms with E-state index in [9.17, 15) is 0 Å². The minimum Gasteiger partial charge on any atom is -0.488 e. The van der Waals surface area contributed by atoms with Crippen LogP contribution in [0, 0.1) is 0 Å². The van der Waals surface area contributed by atoms with Gasteiger partial charge in [-0.1, -0.05) is 109 Å². The van der Waals surface area contributed by atoms with Crippen molar-refractivity contribution in [1.29, 1.82) is 0 Å². The molecule has 6 nitrogen and oxygen atoms in total. The second-order valence-corrected chi connectivity index (χ2v) is 16.6. The van der Waals surface area contributed by atoms with Crippen molar-refractivity contribution in [1.82, 2.24) is 0 Å². The zero-order chi connectivity index (χ0) is 37.9. The number of benzene rings is 6. The second kappa shape index (κ2) is 13.6. The van der Waals surface area contributed by atoms with Gasteiger partial charge in [0.1, 0.15) is 24.7 Å². The highest BCUT2D eigenvalue weighted by molar-refractivity contribution is 6.63. The third-order valence-corrected chi connectivity index (χ3v) is 11.8. The van der Waals surface area contributed by atoms with Gasteiger partial charge in [0.15, 0.2) is 0 Å². The smallest absolute Gasteiger partial charge is 0.488 e. The molecule has 0 radical (unpaired) electrons. The molecule has 0 amide bonds. The Balaban J connectivity index is 1.29. The summed E-state index contributed by atoms with van der Waals surface area (Å²) in [7, 11) is -0.958. The summed E-state index contributed by atoms with van der Waals surface area (Å²) >= 11 is 0. The maximum Gasteiger partial charge on any atom is 0.494 e. The van der Waals surface area contributed by atoms with E-state index in [2.05, 4.69) is 140 Å². The van der Waals surface area contributed by atoms with Crippen molar-refractivity contribution in [3.05, 3.63) is 132 Å². The number of ether oxygens (including phenoxy) is 2. The average Bonchev–Trinajstić information content (AvgIpc) is 3.52. The topological polar surface area (TPSA) is 55.4 Å². The molecule has 2 heterocycles. The van der Waals surface area contributed by atoms with Crippen LogP contribution in [0.15, 0.2) is 121 Å². The van der Waals surface area contributed by atoms with Crippen molar-refractivity contribution in [2.75, 3.05) is 0 Å². The molecule has 0 unspecified atom stereocenters. The highest BCUT2D eigenvalue weighted by Crippen LogP contribution is 2.46. The largest absolute Gasteiger partial charge is 0.494 e. The van der Waals surface area contributed by atoms with E-state index in [-0.39, 0.29) is 0 Å². The number of rotatable bonds is 9. The second-order valence-electron chi connectivity index (χ2n) is 16.6. The maximum absolute atomic E-state index is 6.74. The molecule has 54 heavy (non-hydrogen) atoms. The highest BCUT2D eigenvalue weighted by Gasteiger charge is 2.52. The summed E-state index contributed by atoms with van der Waals surface area (Å²) in [5, 5.41) is 4.16. The molecular formula is C46H48B2O6. The first-order valence-electron chi connectivity index (χ1n) is 18.9. The molecule has 8 heteroatoms. The van der Waals surface area contributed by atoms with Crippen LogP contribution < -0.4 is 20.4 Å².